The van der Waals surface area contributed by atoms with Crippen molar-refractivity contribution in [2.24, 2.45) is 0 Å². The molecule has 0 aliphatic heterocycles. The summed E-state index contributed by atoms with van der Waals surface area (Å²) in [6, 6.07) is 16.9. The number of carbonyl (C=O) groups excluding carboxylic acids is 1. The molecule has 0 saturated heterocycles. The molecule has 0 saturated carbocycles. The lowest BCUT2D eigenvalue weighted by atomic mass is 9.98. The van der Waals surface area contributed by atoms with Gasteiger partial charge in [0.05, 0.1) is 5.56 Å². The summed E-state index contributed by atoms with van der Waals surface area (Å²) in [6.45, 7) is 7.47. The molecule has 0 aliphatic rings. The molecule has 20 heavy (non-hydrogen) atoms. The quantitative estimate of drug-likeness (QED) is 0.766. The van der Waals surface area contributed by atoms with Crippen molar-refractivity contribution in [2.75, 3.05) is 0 Å². The van der Waals surface area contributed by atoms with Crippen LogP contribution in [0.15, 0.2) is 61.2 Å². The van der Waals surface area contributed by atoms with Crippen molar-refractivity contribution in [3.05, 3.63) is 77.9 Å². The van der Waals surface area contributed by atoms with Crippen molar-refractivity contribution >= 4 is 12.0 Å². The van der Waals surface area contributed by atoms with Gasteiger partial charge >= 0.3 is 5.97 Å². The molecule has 0 unspecified atom stereocenters. The molecule has 2 rings (SSSR count). The van der Waals surface area contributed by atoms with E-state index in [9.17, 15) is 4.79 Å². The number of ether oxygens (including phenoxy) is 1. The van der Waals surface area contributed by atoms with Crippen LogP contribution < -0.4 is 0 Å². The second-order valence-corrected chi connectivity index (χ2v) is 5.10. The second-order valence-electron chi connectivity index (χ2n) is 5.10. The third kappa shape index (κ3) is 3.15. The van der Waals surface area contributed by atoms with Crippen LogP contribution in [0.4, 0.5) is 0 Å². The van der Waals surface area contributed by atoms with Gasteiger partial charge in [-0.05, 0) is 37.1 Å². The predicted molar refractivity (Wildman–Crippen MR) is 81.4 cm³/mol. The zero-order valence-electron chi connectivity index (χ0n) is 11.8. The van der Waals surface area contributed by atoms with Gasteiger partial charge in [-0.3, -0.25) is 0 Å². The maximum Gasteiger partial charge on any atom is 0.339 e. The van der Waals surface area contributed by atoms with Crippen LogP contribution in [0.3, 0.4) is 0 Å². The predicted octanol–water partition coefficient (Wildman–Crippen LogP) is 4.42. The van der Waals surface area contributed by atoms with E-state index in [0.717, 1.165) is 11.1 Å². The highest BCUT2D eigenvalue weighted by atomic mass is 16.6. The Bertz CT molecular complexity index is 612. The standard InChI is InChI=1S/C18H18O2/c1-4-14-9-8-10-15(13-14)17(19)20-18(2,3)16-11-6-5-7-12-16/h4-13H,1H2,2-3H3. The maximum atomic E-state index is 12.2. The molecule has 0 aliphatic carbocycles. The molecular weight excluding hydrogens is 248 g/mol. The monoisotopic (exact) mass is 266 g/mol. The van der Waals surface area contributed by atoms with Gasteiger partial charge in [0.2, 0.25) is 0 Å². The average molecular weight is 266 g/mol. The molecule has 0 atom stereocenters. The van der Waals surface area contributed by atoms with E-state index in [0.29, 0.717) is 5.56 Å². The number of rotatable bonds is 4. The van der Waals surface area contributed by atoms with Crippen molar-refractivity contribution in [1.29, 1.82) is 0 Å². The summed E-state index contributed by atoms with van der Waals surface area (Å²) >= 11 is 0. The van der Waals surface area contributed by atoms with Crippen molar-refractivity contribution in [3.63, 3.8) is 0 Å². The summed E-state index contributed by atoms with van der Waals surface area (Å²) in [7, 11) is 0. The molecule has 0 aromatic heterocycles. The van der Waals surface area contributed by atoms with Crippen LogP contribution in [0.1, 0.15) is 35.3 Å². The van der Waals surface area contributed by atoms with E-state index in [2.05, 4.69) is 6.58 Å². The van der Waals surface area contributed by atoms with Gasteiger partial charge in [-0.15, -0.1) is 0 Å². The second kappa shape index (κ2) is 5.74. The van der Waals surface area contributed by atoms with E-state index in [1.54, 1.807) is 18.2 Å². The topological polar surface area (TPSA) is 26.3 Å². The lowest BCUT2D eigenvalue weighted by Gasteiger charge is -2.25. The first kappa shape index (κ1) is 14.1. The highest BCUT2D eigenvalue weighted by molar-refractivity contribution is 5.90. The van der Waals surface area contributed by atoms with Gasteiger partial charge in [-0.25, -0.2) is 4.79 Å². The van der Waals surface area contributed by atoms with Crippen LogP contribution in [-0.4, -0.2) is 5.97 Å². The molecule has 0 radical (unpaired) electrons. The smallest absolute Gasteiger partial charge is 0.339 e. The summed E-state index contributed by atoms with van der Waals surface area (Å²) in [4.78, 5) is 12.2. The number of benzene rings is 2. The van der Waals surface area contributed by atoms with Gasteiger partial charge < -0.3 is 4.74 Å². The summed E-state index contributed by atoms with van der Waals surface area (Å²) in [6.07, 6.45) is 1.71. The van der Waals surface area contributed by atoms with Crippen LogP contribution in [0.2, 0.25) is 0 Å². The molecule has 2 aromatic rings. The van der Waals surface area contributed by atoms with Gasteiger partial charge in [-0.1, -0.05) is 55.1 Å². The van der Waals surface area contributed by atoms with Crippen molar-refractivity contribution in [1.82, 2.24) is 0 Å². The minimum atomic E-state index is -0.664. The minimum absolute atomic E-state index is 0.331. The Morgan fingerprint density at radius 1 is 1.10 bits per heavy atom. The van der Waals surface area contributed by atoms with Gasteiger partial charge in [0.15, 0.2) is 0 Å². The van der Waals surface area contributed by atoms with E-state index in [4.69, 9.17) is 4.74 Å². The highest BCUT2D eigenvalue weighted by Crippen LogP contribution is 2.25. The lowest BCUT2D eigenvalue weighted by Crippen LogP contribution is -2.25. The SMILES string of the molecule is C=Cc1cccc(C(=O)OC(C)(C)c2ccccc2)c1. The van der Waals surface area contributed by atoms with Crippen LogP contribution in [0, 0.1) is 0 Å². The lowest BCUT2D eigenvalue weighted by molar-refractivity contribution is -0.00312. The molecule has 0 bridgehead atoms. The Labute approximate surface area is 119 Å². The van der Waals surface area contributed by atoms with Crippen molar-refractivity contribution in [3.8, 4) is 0 Å². The number of carbonyl (C=O) groups is 1. The minimum Gasteiger partial charge on any atom is -0.451 e. The Morgan fingerprint density at radius 3 is 2.45 bits per heavy atom. The first-order chi connectivity index (χ1) is 9.53. The Morgan fingerprint density at radius 2 is 1.80 bits per heavy atom. The largest absolute Gasteiger partial charge is 0.451 e. The van der Waals surface area contributed by atoms with Crippen molar-refractivity contribution in [2.45, 2.75) is 19.4 Å². The fourth-order valence-electron chi connectivity index (χ4n) is 1.98. The summed E-state index contributed by atoms with van der Waals surface area (Å²) in [5, 5.41) is 0. The molecule has 2 heteroatoms. The first-order valence-electron chi connectivity index (χ1n) is 6.54. The summed E-state index contributed by atoms with van der Waals surface area (Å²) in [5.74, 6) is -0.331. The van der Waals surface area contributed by atoms with Gasteiger partial charge in [0, 0.05) is 0 Å². The number of esters is 1. The van der Waals surface area contributed by atoms with Gasteiger partial charge in [-0.2, -0.15) is 0 Å². The summed E-state index contributed by atoms with van der Waals surface area (Å²) < 4.78 is 5.64. The Balaban J connectivity index is 2.20. The van der Waals surface area contributed by atoms with E-state index < -0.39 is 5.60 Å². The molecule has 0 N–H and O–H groups in total. The highest BCUT2D eigenvalue weighted by Gasteiger charge is 2.25. The van der Waals surface area contributed by atoms with Gasteiger partial charge in [0.1, 0.15) is 5.60 Å². The molecule has 0 spiro atoms. The van der Waals surface area contributed by atoms with Crippen LogP contribution in [-0.2, 0) is 10.3 Å². The van der Waals surface area contributed by atoms with E-state index in [1.807, 2.05) is 56.3 Å². The molecule has 102 valence electrons. The van der Waals surface area contributed by atoms with Crippen LogP contribution >= 0.6 is 0 Å². The zero-order chi connectivity index (χ0) is 14.6. The molecular formula is C18H18O2. The Hall–Kier alpha value is -2.35. The average Bonchev–Trinajstić information content (AvgIpc) is 2.48. The van der Waals surface area contributed by atoms with E-state index in [1.165, 1.54) is 0 Å². The molecule has 0 amide bonds. The molecule has 0 fully saturated rings. The van der Waals surface area contributed by atoms with Crippen molar-refractivity contribution < 1.29 is 9.53 Å². The van der Waals surface area contributed by atoms with Crippen LogP contribution in [0.5, 0.6) is 0 Å². The fraction of sp³-hybridized carbons (Fsp3) is 0.167. The maximum absolute atomic E-state index is 12.2. The normalized spacial score (nSPS) is 10.9. The first-order valence-corrected chi connectivity index (χ1v) is 6.54. The number of hydrogen-bond donors (Lipinski definition) is 0. The summed E-state index contributed by atoms with van der Waals surface area (Å²) in [5.41, 5.74) is 1.74. The zero-order valence-corrected chi connectivity index (χ0v) is 11.8. The van der Waals surface area contributed by atoms with E-state index in [-0.39, 0.29) is 5.97 Å². The molecule has 0 heterocycles. The Kier molecular flexibility index (Phi) is 4.04. The molecule has 2 aromatic carbocycles. The fourth-order valence-corrected chi connectivity index (χ4v) is 1.98. The third-order valence-electron chi connectivity index (χ3n) is 3.17. The molecule has 2 nitrogen and oxygen atoms in total. The van der Waals surface area contributed by atoms with E-state index >= 15 is 0 Å². The number of hydrogen-bond acceptors (Lipinski definition) is 2. The van der Waals surface area contributed by atoms with Gasteiger partial charge in [0.25, 0.3) is 0 Å². The van der Waals surface area contributed by atoms with Crippen LogP contribution in [0.25, 0.3) is 6.08 Å². The third-order valence-corrected chi connectivity index (χ3v) is 3.17.